The summed E-state index contributed by atoms with van der Waals surface area (Å²) in [5.74, 6) is -1.64. The fourth-order valence-corrected chi connectivity index (χ4v) is 4.18. The molecule has 4 unspecified atom stereocenters. The molecule has 0 amide bonds. The molecule has 2 aromatic carbocycles. The molecule has 0 radical (unpaired) electrons. The Bertz CT molecular complexity index is 885. The Labute approximate surface area is 168 Å². The van der Waals surface area contributed by atoms with Gasteiger partial charge in [0, 0.05) is 5.56 Å². The van der Waals surface area contributed by atoms with Crippen LogP contribution in [0, 0.1) is 4.91 Å². The molecule has 2 heterocycles. The third kappa shape index (κ3) is 3.39. The monoisotopic (exact) mass is 399 g/mol. The average molecular weight is 399 g/mol. The predicted octanol–water partition coefficient (Wildman–Crippen LogP) is 1.77. The molecule has 2 aromatic rings. The maximum Gasteiger partial charge on any atom is 0.225 e. The van der Waals surface area contributed by atoms with Gasteiger partial charge >= 0.3 is 0 Å². The van der Waals surface area contributed by atoms with Crippen LogP contribution < -0.4 is 0 Å². The highest BCUT2D eigenvalue weighted by Crippen LogP contribution is 2.46. The average Bonchev–Trinajstić information content (AvgIpc) is 3.10. The van der Waals surface area contributed by atoms with E-state index in [1.54, 1.807) is 0 Å². The lowest BCUT2D eigenvalue weighted by Crippen LogP contribution is -2.62. The lowest BCUT2D eigenvalue weighted by atomic mass is 9.85. The van der Waals surface area contributed by atoms with E-state index in [0.717, 1.165) is 23.1 Å². The molecule has 1 saturated heterocycles. The summed E-state index contributed by atoms with van der Waals surface area (Å²) >= 11 is 0. The minimum absolute atomic E-state index is 0.192. The van der Waals surface area contributed by atoms with E-state index >= 15 is 0 Å². The van der Waals surface area contributed by atoms with Crippen molar-refractivity contribution < 1.29 is 24.8 Å². The van der Waals surface area contributed by atoms with E-state index in [1.165, 1.54) is 5.56 Å². The molecule has 154 valence electrons. The Kier molecular flexibility index (Phi) is 5.50. The second-order valence-corrected chi connectivity index (χ2v) is 7.66. The van der Waals surface area contributed by atoms with Crippen LogP contribution in [0.5, 0.6) is 0 Å². The van der Waals surface area contributed by atoms with Crippen molar-refractivity contribution in [3.8, 4) is 0 Å². The van der Waals surface area contributed by atoms with Crippen LogP contribution in [-0.4, -0.2) is 46.3 Å². The van der Waals surface area contributed by atoms with Crippen molar-refractivity contribution in [3.63, 3.8) is 0 Å². The number of aliphatic hydroxyl groups is 3. The smallest absolute Gasteiger partial charge is 0.225 e. The Morgan fingerprint density at radius 2 is 1.79 bits per heavy atom. The first-order valence-electron chi connectivity index (χ1n) is 9.83. The fourth-order valence-electron chi connectivity index (χ4n) is 4.18. The summed E-state index contributed by atoms with van der Waals surface area (Å²) in [6, 6.07) is 12.8. The van der Waals surface area contributed by atoms with Gasteiger partial charge in [-0.1, -0.05) is 48.5 Å². The Morgan fingerprint density at radius 1 is 1.10 bits per heavy atom. The topological polar surface area (TPSA) is 109 Å². The number of nitrogens with zero attached hydrogens (tertiary/aromatic N) is 1. The van der Waals surface area contributed by atoms with E-state index in [9.17, 15) is 20.2 Å². The number of aliphatic hydroxyl groups excluding tert-OH is 3. The van der Waals surface area contributed by atoms with Crippen molar-refractivity contribution in [1.82, 2.24) is 0 Å². The normalized spacial score (nSPS) is 31.0. The second-order valence-electron chi connectivity index (χ2n) is 7.66. The predicted molar refractivity (Wildman–Crippen MR) is 105 cm³/mol. The van der Waals surface area contributed by atoms with Gasteiger partial charge in [0.15, 0.2) is 6.04 Å². The third-order valence-corrected chi connectivity index (χ3v) is 5.90. The SMILES string of the molecule is CCc1ccc(Cc2ccc3c(c2)[C@@]2(OC3)OC(CO)C(O)C(N=O)C2O)cc1. The fraction of sp³-hybridized carbons (Fsp3) is 0.455. The molecule has 2 aliphatic rings. The van der Waals surface area contributed by atoms with Gasteiger partial charge in [0.25, 0.3) is 0 Å². The van der Waals surface area contributed by atoms with Gasteiger partial charge in [-0.2, -0.15) is 4.91 Å². The molecule has 0 aliphatic carbocycles. The summed E-state index contributed by atoms with van der Waals surface area (Å²) in [6.45, 7) is 1.78. The second kappa shape index (κ2) is 7.93. The molecule has 0 aromatic heterocycles. The van der Waals surface area contributed by atoms with Gasteiger partial charge in [-0.05, 0) is 41.2 Å². The first-order chi connectivity index (χ1) is 14.0. The number of hydrogen-bond acceptors (Lipinski definition) is 7. The molecular formula is C22H25NO6. The summed E-state index contributed by atoms with van der Waals surface area (Å²) in [5.41, 5.74) is 4.85. The molecule has 5 atom stereocenters. The maximum absolute atomic E-state index is 11.3. The van der Waals surface area contributed by atoms with E-state index in [1.807, 2.05) is 18.2 Å². The van der Waals surface area contributed by atoms with E-state index < -0.39 is 36.7 Å². The number of aryl methyl sites for hydroxylation is 1. The van der Waals surface area contributed by atoms with Crippen LogP contribution in [0.25, 0.3) is 0 Å². The summed E-state index contributed by atoms with van der Waals surface area (Å²) < 4.78 is 11.7. The summed E-state index contributed by atoms with van der Waals surface area (Å²) in [6.07, 6.45) is -2.32. The molecule has 4 rings (SSSR count). The van der Waals surface area contributed by atoms with Gasteiger partial charge in [-0.15, -0.1) is 0 Å². The highest BCUT2D eigenvalue weighted by Gasteiger charge is 2.59. The minimum atomic E-state index is -1.64. The lowest BCUT2D eigenvalue weighted by molar-refractivity contribution is -0.350. The van der Waals surface area contributed by atoms with Crippen LogP contribution in [0.15, 0.2) is 47.6 Å². The number of nitroso groups, excluding NO2 is 1. The van der Waals surface area contributed by atoms with E-state index in [2.05, 4.69) is 36.4 Å². The molecule has 1 spiro atoms. The van der Waals surface area contributed by atoms with Crippen LogP contribution in [0.4, 0.5) is 0 Å². The molecule has 1 fully saturated rings. The van der Waals surface area contributed by atoms with Crippen molar-refractivity contribution in [2.45, 2.75) is 56.5 Å². The van der Waals surface area contributed by atoms with E-state index in [-0.39, 0.29) is 6.61 Å². The number of ether oxygens (including phenoxy) is 2. The molecule has 0 saturated carbocycles. The zero-order valence-electron chi connectivity index (χ0n) is 16.2. The minimum Gasteiger partial charge on any atom is -0.394 e. The van der Waals surface area contributed by atoms with Gasteiger partial charge in [0.1, 0.15) is 18.3 Å². The zero-order chi connectivity index (χ0) is 20.6. The highest BCUT2D eigenvalue weighted by molar-refractivity contribution is 5.41. The number of rotatable bonds is 5. The van der Waals surface area contributed by atoms with E-state index in [4.69, 9.17) is 9.47 Å². The summed E-state index contributed by atoms with van der Waals surface area (Å²) in [7, 11) is 0. The summed E-state index contributed by atoms with van der Waals surface area (Å²) in [5, 5.41) is 33.5. The van der Waals surface area contributed by atoms with Crippen molar-refractivity contribution in [3.05, 3.63) is 75.2 Å². The van der Waals surface area contributed by atoms with Gasteiger partial charge in [-0.3, -0.25) is 0 Å². The Hall–Kier alpha value is -2.16. The van der Waals surface area contributed by atoms with Crippen LogP contribution in [0.2, 0.25) is 0 Å². The van der Waals surface area contributed by atoms with Crippen molar-refractivity contribution in [2.24, 2.45) is 5.18 Å². The molecule has 7 heteroatoms. The largest absolute Gasteiger partial charge is 0.394 e. The molecule has 3 N–H and O–H groups in total. The summed E-state index contributed by atoms with van der Waals surface area (Å²) in [4.78, 5) is 11.3. The molecule has 7 nitrogen and oxygen atoms in total. The Balaban J connectivity index is 1.68. The molecular weight excluding hydrogens is 374 g/mol. The van der Waals surface area contributed by atoms with Crippen molar-refractivity contribution >= 4 is 0 Å². The van der Waals surface area contributed by atoms with E-state index in [0.29, 0.717) is 12.0 Å². The van der Waals surface area contributed by atoms with Crippen molar-refractivity contribution in [2.75, 3.05) is 6.61 Å². The number of hydrogen-bond donors (Lipinski definition) is 3. The van der Waals surface area contributed by atoms with Crippen LogP contribution in [0.1, 0.15) is 34.7 Å². The van der Waals surface area contributed by atoms with Gasteiger partial charge < -0.3 is 24.8 Å². The Morgan fingerprint density at radius 3 is 2.45 bits per heavy atom. The zero-order valence-corrected chi connectivity index (χ0v) is 16.2. The molecule has 2 aliphatic heterocycles. The maximum atomic E-state index is 11.3. The first kappa shape index (κ1) is 20.1. The standard InChI is InChI=1S/C22H25NO6/c1-2-13-3-5-14(6-4-13)9-15-7-8-16-12-28-22(17(16)10-15)21(26)19(23-27)20(25)18(11-24)29-22/h3-8,10,18-21,24-26H,2,9,11-12H2,1H3/t18?,19?,20?,21?,22-/m1/s1. The molecule has 29 heavy (non-hydrogen) atoms. The quantitative estimate of drug-likeness (QED) is 0.662. The van der Waals surface area contributed by atoms with Crippen LogP contribution in [0.3, 0.4) is 0 Å². The van der Waals surface area contributed by atoms with Crippen molar-refractivity contribution in [1.29, 1.82) is 0 Å². The third-order valence-electron chi connectivity index (χ3n) is 5.90. The molecule has 0 bridgehead atoms. The number of fused-ring (bicyclic) bond motifs is 2. The van der Waals surface area contributed by atoms with Gasteiger partial charge in [0.2, 0.25) is 5.79 Å². The first-order valence-corrected chi connectivity index (χ1v) is 9.83. The number of benzene rings is 2. The van der Waals surface area contributed by atoms with Crippen LogP contribution >= 0.6 is 0 Å². The van der Waals surface area contributed by atoms with Crippen LogP contribution in [-0.2, 0) is 34.7 Å². The highest BCUT2D eigenvalue weighted by atomic mass is 16.7. The van der Waals surface area contributed by atoms with Gasteiger partial charge in [0.05, 0.1) is 13.2 Å². The lowest BCUT2D eigenvalue weighted by Gasteiger charge is -2.45. The van der Waals surface area contributed by atoms with Gasteiger partial charge in [-0.25, -0.2) is 0 Å².